The van der Waals surface area contributed by atoms with Gasteiger partial charge in [0.15, 0.2) is 5.82 Å². The Bertz CT molecular complexity index is 782. The maximum Gasteiger partial charge on any atom is 0.372 e. The van der Waals surface area contributed by atoms with Gasteiger partial charge in [-0.1, -0.05) is 5.16 Å². The van der Waals surface area contributed by atoms with E-state index in [9.17, 15) is 9.90 Å². The lowest BCUT2D eigenvalue weighted by Crippen LogP contribution is -2.43. The molecule has 0 amide bonds. The molecule has 2 aromatic heterocycles. The summed E-state index contributed by atoms with van der Waals surface area (Å²) in [5.74, 6) is 1.55. The average molecular weight is 345 g/mol. The van der Waals surface area contributed by atoms with Gasteiger partial charge in [-0.15, -0.1) is 0 Å². The van der Waals surface area contributed by atoms with Crippen LogP contribution in [0.15, 0.2) is 15.0 Å². The highest BCUT2D eigenvalue weighted by Gasteiger charge is 2.45. The minimum atomic E-state index is -1.01. The van der Waals surface area contributed by atoms with Crippen molar-refractivity contribution in [2.45, 2.75) is 70.5 Å². The van der Waals surface area contributed by atoms with Crippen LogP contribution in [0.4, 0.5) is 0 Å². The van der Waals surface area contributed by atoms with Crippen molar-refractivity contribution in [2.24, 2.45) is 0 Å². The number of aromatic nitrogens is 2. The molecule has 0 saturated carbocycles. The summed E-state index contributed by atoms with van der Waals surface area (Å²) < 4.78 is 10.8. The number of carbonyl (C=O) groups is 1. The third kappa shape index (κ3) is 2.76. The number of fused-ring (bicyclic) bond motifs is 2. The Morgan fingerprint density at radius 1 is 1.32 bits per heavy atom. The zero-order valence-electron chi connectivity index (χ0n) is 14.7. The molecular weight excluding hydrogens is 322 g/mol. The number of piperidine rings is 1. The van der Waals surface area contributed by atoms with Crippen LogP contribution in [-0.2, 0) is 0 Å². The summed E-state index contributed by atoms with van der Waals surface area (Å²) in [6.07, 6.45) is 4.30. The maximum atomic E-state index is 11.2. The third-order valence-corrected chi connectivity index (χ3v) is 5.69. The van der Waals surface area contributed by atoms with Gasteiger partial charge in [0.1, 0.15) is 5.76 Å². The SMILES string of the molecule is Cc1nc(C2CC3CCC(C2)N3C(C)c2cc(C)c(C(=O)O)o2)no1. The second kappa shape index (κ2) is 5.98. The normalized spacial score (nSPS) is 27.6. The highest BCUT2D eigenvalue weighted by atomic mass is 16.5. The van der Waals surface area contributed by atoms with Crippen LogP contribution in [-0.4, -0.2) is 38.2 Å². The molecule has 2 bridgehead atoms. The van der Waals surface area contributed by atoms with Crippen LogP contribution < -0.4 is 0 Å². The number of aryl methyl sites for hydroxylation is 2. The van der Waals surface area contributed by atoms with Crippen molar-refractivity contribution in [1.82, 2.24) is 15.0 Å². The van der Waals surface area contributed by atoms with Gasteiger partial charge in [-0.25, -0.2) is 4.79 Å². The Morgan fingerprint density at radius 2 is 2.00 bits per heavy atom. The van der Waals surface area contributed by atoms with Crippen molar-refractivity contribution in [1.29, 1.82) is 0 Å². The smallest absolute Gasteiger partial charge is 0.372 e. The summed E-state index contributed by atoms with van der Waals surface area (Å²) in [7, 11) is 0. The Hall–Kier alpha value is -2.15. The number of nitrogens with zero attached hydrogens (tertiary/aromatic N) is 3. The highest BCUT2D eigenvalue weighted by molar-refractivity contribution is 5.86. The number of hydrogen-bond acceptors (Lipinski definition) is 6. The van der Waals surface area contributed by atoms with Crippen LogP contribution in [0.2, 0.25) is 0 Å². The molecule has 0 spiro atoms. The van der Waals surface area contributed by atoms with Gasteiger partial charge in [-0.05, 0) is 45.6 Å². The van der Waals surface area contributed by atoms with Crippen LogP contribution in [0.5, 0.6) is 0 Å². The molecule has 4 rings (SSSR count). The molecule has 2 aliphatic heterocycles. The van der Waals surface area contributed by atoms with Gasteiger partial charge < -0.3 is 14.0 Å². The Labute approximate surface area is 146 Å². The lowest BCUT2D eigenvalue weighted by molar-refractivity contribution is 0.0614. The first-order valence-corrected chi connectivity index (χ1v) is 8.85. The van der Waals surface area contributed by atoms with E-state index >= 15 is 0 Å². The second-order valence-corrected chi connectivity index (χ2v) is 7.31. The molecule has 3 atom stereocenters. The molecule has 3 unspecified atom stereocenters. The predicted molar refractivity (Wildman–Crippen MR) is 88.5 cm³/mol. The first kappa shape index (κ1) is 16.3. The summed E-state index contributed by atoms with van der Waals surface area (Å²) in [5.41, 5.74) is 0.679. The van der Waals surface area contributed by atoms with Crippen molar-refractivity contribution in [3.63, 3.8) is 0 Å². The fourth-order valence-corrected chi connectivity index (χ4v) is 4.61. The number of carboxylic acid groups (broad SMARTS) is 1. The quantitative estimate of drug-likeness (QED) is 0.907. The van der Waals surface area contributed by atoms with Gasteiger partial charge in [0.05, 0.1) is 6.04 Å². The molecule has 1 N–H and O–H groups in total. The van der Waals surface area contributed by atoms with Gasteiger partial charge in [0.25, 0.3) is 0 Å². The van der Waals surface area contributed by atoms with Crippen molar-refractivity contribution < 1.29 is 18.8 Å². The molecule has 0 aliphatic carbocycles. The summed E-state index contributed by atoms with van der Waals surface area (Å²) in [6.45, 7) is 5.71. The van der Waals surface area contributed by atoms with E-state index in [1.54, 1.807) is 6.92 Å². The summed E-state index contributed by atoms with van der Waals surface area (Å²) in [6, 6.07) is 2.81. The van der Waals surface area contributed by atoms with Gasteiger partial charge in [0.2, 0.25) is 11.7 Å². The summed E-state index contributed by atoms with van der Waals surface area (Å²) in [4.78, 5) is 18.2. The van der Waals surface area contributed by atoms with E-state index in [1.807, 2.05) is 13.0 Å². The third-order valence-electron chi connectivity index (χ3n) is 5.69. The number of hydrogen-bond donors (Lipinski definition) is 1. The van der Waals surface area contributed by atoms with Crippen molar-refractivity contribution in [3.05, 3.63) is 34.9 Å². The van der Waals surface area contributed by atoms with Crippen LogP contribution in [0.1, 0.15) is 78.2 Å². The van der Waals surface area contributed by atoms with Crippen molar-refractivity contribution in [2.75, 3.05) is 0 Å². The lowest BCUT2D eigenvalue weighted by Gasteiger charge is -2.41. The molecule has 4 heterocycles. The van der Waals surface area contributed by atoms with Crippen molar-refractivity contribution in [3.8, 4) is 0 Å². The number of furan rings is 1. The zero-order valence-corrected chi connectivity index (χ0v) is 14.7. The number of carboxylic acids is 1. The molecule has 0 aromatic carbocycles. The zero-order chi connectivity index (χ0) is 17.7. The van der Waals surface area contributed by atoms with E-state index in [0.29, 0.717) is 29.5 Å². The molecular formula is C18H23N3O4. The van der Waals surface area contributed by atoms with Crippen molar-refractivity contribution >= 4 is 5.97 Å². The van der Waals surface area contributed by atoms with Crippen LogP contribution >= 0.6 is 0 Å². The Morgan fingerprint density at radius 3 is 2.52 bits per heavy atom. The van der Waals surface area contributed by atoms with Crippen LogP contribution in [0.3, 0.4) is 0 Å². The predicted octanol–water partition coefficient (Wildman–Crippen LogP) is 3.45. The first-order valence-electron chi connectivity index (χ1n) is 8.85. The maximum absolute atomic E-state index is 11.2. The fraction of sp³-hybridized carbons (Fsp3) is 0.611. The van der Waals surface area contributed by atoms with Crippen LogP contribution in [0.25, 0.3) is 0 Å². The van der Waals surface area contributed by atoms with E-state index in [-0.39, 0.29) is 11.8 Å². The molecule has 2 saturated heterocycles. The monoisotopic (exact) mass is 345 g/mol. The molecule has 25 heavy (non-hydrogen) atoms. The lowest BCUT2D eigenvalue weighted by atomic mass is 9.89. The molecule has 7 nitrogen and oxygen atoms in total. The number of rotatable bonds is 4. The highest BCUT2D eigenvalue weighted by Crippen LogP contribution is 2.46. The standard InChI is InChI=1S/C18H23N3O4/c1-9-6-15(24-16(9)18(22)23)10(2)21-13-4-5-14(21)8-12(7-13)17-19-11(3)25-20-17/h6,10,12-14H,4-5,7-8H2,1-3H3,(H,22,23). The second-order valence-electron chi connectivity index (χ2n) is 7.31. The molecule has 2 aliphatic rings. The average Bonchev–Trinajstić information content (AvgIpc) is 3.23. The summed E-state index contributed by atoms with van der Waals surface area (Å²) in [5, 5.41) is 13.3. The van der Waals surface area contributed by atoms with E-state index in [1.165, 1.54) is 0 Å². The van der Waals surface area contributed by atoms with E-state index in [0.717, 1.165) is 37.3 Å². The van der Waals surface area contributed by atoms with Gasteiger partial charge in [0, 0.05) is 30.5 Å². The van der Waals surface area contributed by atoms with E-state index in [2.05, 4.69) is 22.0 Å². The van der Waals surface area contributed by atoms with Crippen LogP contribution in [0, 0.1) is 13.8 Å². The molecule has 0 radical (unpaired) electrons. The summed E-state index contributed by atoms with van der Waals surface area (Å²) >= 11 is 0. The first-order chi connectivity index (χ1) is 11.9. The largest absolute Gasteiger partial charge is 0.475 e. The molecule has 134 valence electrons. The van der Waals surface area contributed by atoms with Gasteiger partial charge in [-0.3, -0.25) is 4.90 Å². The van der Waals surface area contributed by atoms with Gasteiger partial charge in [-0.2, -0.15) is 4.98 Å². The molecule has 2 aromatic rings. The topological polar surface area (TPSA) is 92.6 Å². The van der Waals surface area contributed by atoms with Gasteiger partial charge >= 0.3 is 5.97 Å². The van der Waals surface area contributed by atoms with E-state index < -0.39 is 5.97 Å². The minimum Gasteiger partial charge on any atom is -0.475 e. The molecule has 7 heteroatoms. The fourth-order valence-electron chi connectivity index (χ4n) is 4.61. The number of aromatic carboxylic acids is 1. The minimum absolute atomic E-state index is 0.0476. The molecule has 2 fully saturated rings. The Balaban J connectivity index is 1.54. The van der Waals surface area contributed by atoms with E-state index in [4.69, 9.17) is 8.94 Å². The Kier molecular flexibility index (Phi) is 3.91.